The van der Waals surface area contributed by atoms with Crippen LogP contribution in [0.3, 0.4) is 0 Å². The molecule has 0 aliphatic carbocycles. The van der Waals surface area contributed by atoms with Gasteiger partial charge in [0.15, 0.2) is 0 Å². The zero-order valence-electron chi connectivity index (χ0n) is 29.6. The molecule has 3 rings (SSSR count). The molecule has 8 nitrogen and oxygen atoms in total. The fourth-order valence-electron chi connectivity index (χ4n) is 4.32. The van der Waals surface area contributed by atoms with Crippen molar-refractivity contribution >= 4 is 22.3 Å². The molecule has 9 heteroatoms. The van der Waals surface area contributed by atoms with Crippen LogP contribution in [0.5, 0.6) is 0 Å². The first-order valence-corrected chi connectivity index (χ1v) is 16.2. The number of hydrogen-bond acceptors (Lipinski definition) is 9. The molecule has 43 heavy (non-hydrogen) atoms. The van der Waals surface area contributed by atoms with E-state index in [0.717, 1.165) is 17.7 Å². The van der Waals surface area contributed by atoms with Gasteiger partial charge >= 0.3 is 5.97 Å². The summed E-state index contributed by atoms with van der Waals surface area (Å²) < 4.78 is 9.26. The molecule has 1 aromatic carbocycles. The van der Waals surface area contributed by atoms with Gasteiger partial charge in [0.25, 0.3) is 0 Å². The predicted molar refractivity (Wildman–Crippen MR) is 186 cm³/mol. The number of ether oxygens (including phenoxy) is 2. The smallest absolute Gasteiger partial charge is 0.303 e. The van der Waals surface area contributed by atoms with Crippen LogP contribution in [0.15, 0.2) is 35.9 Å². The number of thiophene rings is 1. The lowest BCUT2D eigenvalue weighted by Crippen LogP contribution is -2.56. The number of aliphatic hydroxyl groups excluding tert-OH is 1. The van der Waals surface area contributed by atoms with Crippen molar-refractivity contribution in [1.82, 2.24) is 16.0 Å². The number of fused-ring (bicyclic) bond motifs is 1. The first kappa shape index (κ1) is 42.9. The molecule has 4 N–H and O–H groups in total. The second kappa shape index (κ2) is 24.1. The minimum atomic E-state index is -0.288. The van der Waals surface area contributed by atoms with E-state index in [-0.39, 0.29) is 31.0 Å². The number of benzene rings is 1. The topological polar surface area (TPSA) is 95.1 Å². The predicted octanol–water partition coefficient (Wildman–Crippen LogP) is 7.01. The molecule has 1 aliphatic heterocycles. The van der Waals surface area contributed by atoms with E-state index in [0.29, 0.717) is 6.04 Å². The number of aliphatic hydroxyl groups is 1. The summed E-state index contributed by atoms with van der Waals surface area (Å²) >= 11 is 1.91. The molecule has 0 bridgehead atoms. The van der Waals surface area contributed by atoms with Gasteiger partial charge < -0.3 is 30.1 Å². The molecule has 2 heterocycles. The van der Waals surface area contributed by atoms with E-state index in [9.17, 15) is 4.79 Å². The van der Waals surface area contributed by atoms with E-state index >= 15 is 0 Å². The van der Waals surface area contributed by atoms with E-state index in [4.69, 9.17) is 9.84 Å². The second-order valence-electron chi connectivity index (χ2n) is 9.61. The van der Waals surface area contributed by atoms with Gasteiger partial charge in [-0.3, -0.25) is 10.1 Å². The van der Waals surface area contributed by atoms with E-state index < -0.39 is 0 Å². The Morgan fingerprint density at radius 2 is 1.65 bits per heavy atom. The summed E-state index contributed by atoms with van der Waals surface area (Å²) in [6.07, 6.45) is 2.54. The minimum Gasteiger partial charge on any atom is -0.458 e. The molecule has 0 amide bonds. The molecule has 1 aromatic heterocycles. The Morgan fingerprint density at radius 1 is 1.12 bits per heavy atom. The van der Waals surface area contributed by atoms with E-state index in [1.165, 1.54) is 33.5 Å². The molecule has 0 spiro atoms. The number of rotatable bonds is 7. The summed E-state index contributed by atoms with van der Waals surface area (Å²) in [6, 6.07) is 7.62. The Bertz CT molecular complexity index is 1040. The normalized spacial score (nSPS) is 17.0. The van der Waals surface area contributed by atoms with Crippen LogP contribution in [0.4, 0.5) is 5.00 Å². The van der Waals surface area contributed by atoms with Crippen molar-refractivity contribution in [1.29, 1.82) is 0 Å². The Labute approximate surface area is 267 Å². The number of nitrogens with zero attached hydrogens (tertiary/aromatic N) is 1. The summed E-state index contributed by atoms with van der Waals surface area (Å²) in [5.41, 5.74) is 6.03. The van der Waals surface area contributed by atoms with Gasteiger partial charge in [-0.05, 0) is 72.3 Å². The van der Waals surface area contributed by atoms with Gasteiger partial charge in [0.1, 0.15) is 6.10 Å². The minimum absolute atomic E-state index is 0.0300. The highest BCUT2D eigenvalue weighted by Gasteiger charge is 2.34. The van der Waals surface area contributed by atoms with E-state index in [1.807, 2.05) is 84.3 Å². The number of likely N-dealkylation sites (N-methyl/N-ethyl adjacent to an activating group) is 1. The number of esters is 1. The second-order valence-corrected chi connectivity index (χ2v) is 10.8. The number of methoxy groups -OCH3 is 1. The van der Waals surface area contributed by atoms with Crippen molar-refractivity contribution in [3.63, 3.8) is 0 Å². The number of carbonyl (C=O) groups is 1. The lowest BCUT2D eigenvalue weighted by molar-refractivity contribution is -0.145. The number of carbonyl (C=O) groups excluding carboxylic acids is 1. The fourth-order valence-corrected chi connectivity index (χ4v) is 5.65. The van der Waals surface area contributed by atoms with Gasteiger partial charge in [-0.2, -0.15) is 0 Å². The van der Waals surface area contributed by atoms with Gasteiger partial charge in [-0.15, -0.1) is 11.3 Å². The summed E-state index contributed by atoms with van der Waals surface area (Å²) in [5, 5.41) is 20.8. The van der Waals surface area contributed by atoms with Gasteiger partial charge in [-0.1, -0.05) is 63.6 Å². The Hall–Kier alpha value is -2.27. The Kier molecular flexibility index (Phi) is 24.0. The number of allylic oxidation sites excluding steroid dienone is 1. The van der Waals surface area contributed by atoms with Crippen LogP contribution in [-0.4, -0.2) is 58.3 Å². The van der Waals surface area contributed by atoms with Crippen molar-refractivity contribution in [2.24, 2.45) is 0 Å². The first-order valence-electron chi connectivity index (χ1n) is 15.4. The molecule has 0 saturated heterocycles. The highest BCUT2D eigenvalue weighted by atomic mass is 32.1. The lowest BCUT2D eigenvalue weighted by Gasteiger charge is -2.36. The van der Waals surface area contributed by atoms with Crippen LogP contribution in [-0.2, 0) is 20.9 Å². The molecule has 4 atom stereocenters. The third-order valence-electron chi connectivity index (χ3n) is 6.84. The molecular weight excluding hydrogens is 560 g/mol. The summed E-state index contributed by atoms with van der Waals surface area (Å²) in [6.45, 7) is 23.2. The standard InChI is InChI=1S/C17H30N4S.C11H14O3.C2H6O.2C2H6/c1-8-10(2)16-15-11(3)12(4)22-17(15)21(13(5)18-6)14(19-7)9-20-16;1-8(14-9(2)13)11-5-3-10(7-12)4-6-11;1-3-2;2*1-2/h8,13-14,16,18-20H,9H2,1-7H3;3-6,8,12H,7H2,1-2H3;1-2H3;2*1-2H3/b10-8+;;;;. The van der Waals surface area contributed by atoms with Crippen molar-refractivity contribution in [3.05, 3.63) is 63.0 Å². The molecule has 248 valence electrons. The molecule has 4 unspecified atom stereocenters. The lowest BCUT2D eigenvalue weighted by atomic mass is 9.97. The molecule has 1 aliphatic rings. The van der Waals surface area contributed by atoms with Crippen LogP contribution < -0.4 is 20.9 Å². The molecule has 2 aromatic rings. The van der Waals surface area contributed by atoms with Crippen LogP contribution in [0.2, 0.25) is 0 Å². The summed E-state index contributed by atoms with van der Waals surface area (Å²) in [7, 11) is 7.31. The maximum absolute atomic E-state index is 10.7. The van der Waals surface area contributed by atoms with Crippen molar-refractivity contribution in [2.75, 3.05) is 39.8 Å². The van der Waals surface area contributed by atoms with Gasteiger partial charge in [0, 0.05) is 38.1 Å². The monoisotopic (exact) mass is 622 g/mol. The number of hydrogen-bond donors (Lipinski definition) is 4. The van der Waals surface area contributed by atoms with Crippen LogP contribution in [0, 0.1) is 13.8 Å². The SMILES string of the molecule is C/C=C(\C)C1NCC(NC)N(C(C)NC)c2sc(C)c(C)c21.CC.CC.CC(=O)OC(C)c1ccc(CO)cc1.COC. The fraction of sp³-hybridized carbons (Fsp3) is 0.618. The van der Waals surface area contributed by atoms with Gasteiger partial charge in [-0.25, -0.2) is 0 Å². The quantitative estimate of drug-likeness (QED) is 0.194. The van der Waals surface area contributed by atoms with Crippen LogP contribution >= 0.6 is 11.3 Å². The Balaban J connectivity index is 0. The Morgan fingerprint density at radius 3 is 2.07 bits per heavy atom. The number of nitrogens with one attached hydrogen (secondary N) is 3. The zero-order chi connectivity index (χ0) is 33.7. The molecular formula is C34H62N4O4S. The number of aryl methyl sites for hydroxylation is 1. The van der Waals surface area contributed by atoms with Gasteiger partial charge in [0.2, 0.25) is 0 Å². The average Bonchev–Trinajstić information content (AvgIpc) is 3.20. The highest BCUT2D eigenvalue weighted by Crippen LogP contribution is 2.43. The molecule has 0 radical (unpaired) electrons. The third kappa shape index (κ3) is 13.5. The van der Waals surface area contributed by atoms with E-state index in [1.54, 1.807) is 14.2 Å². The van der Waals surface area contributed by atoms with Gasteiger partial charge in [0.05, 0.1) is 30.0 Å². The van der Waals surface area contributed by atoms with Crippen molar-refractivity contribution < 1.29 is 19.4 Å². The summed E-state index contributed by atoms with van der Waals surface area (Å²) in [5.74, 6) is -0.288. The maximum Gasteiger partial charge on any atom is 0.303 e. The average molecular weight is 623 g/mol. The van der Waals surface area contributed by atoms with E-state index in [2.05, 4.69) is 66.3 Å². The first-order chi connectivity index (χ1) is 20.5. The van der Waals surface area contributed by atoms with Crippen LogP contribution in [0.25, 0.3) is 0 Å². The third-order valence-corrected chi connectivity index (χ3v) is 8.08. The highest BCUT2D eigenvalue weighted by molar-refractivity contribution is 7.16. The maximum atomic E-state index is 10.7. The molecule has 0 saturated carbocycles. The number of anilines is 1. The largest absolute Gasteiger partial charge is 0.458 e. The zero-order valence-corrected chi connectivity index (χ0v) is 30.5. The summed E-state index contributed by atoms with van der Waals surface area (Å²) in [4.78, 5) is 14.6. The molecule has 0 fully saturated rings. The van der Waals surface area contributed by atoms with Crippen molar-refractivity contribution in [2.45, 2.75) is 107 Å². The van der Waals surface area contributed by atoms with Crippen molar-refractivity contribution in [3.8, 4) is 0 Å². The van der Waals surface area contributed by atoms with Crippen LogP contribution in [0.1, 0.15) is 102 Å².